The van der Waals surface area contributed by atoms with Crippen LogP contribution in [0.25, 0.3) is 22.3 Å². The second-order valence-corrected chi connectivity index (χ2v) is 6.08. The Morgan fingerprint density at radius 3 is 2.65 bits per heavy atom. The van der Waals surface area contributed by atoms with Gasteiger partial charge in [-0.05, 0) is 36.8 Å². The highest BCUT2D eigenvalue weighted by atomic mass is 16.1. The average molecular weight is 342 g/mol. The zero-order valence-corrected chi connectivity index (χ0v) is 14.3. The molecule has 0 atom stereocenters. The third-order valence-electron chi connectivity index (χ3n) is 4.33. The van der Waals surface area contributed by atoms with E-state index in [2.05, 4.69) is 15.6 Å². The molecule has 26 heavy (non-hydrogen) atoms. The van der Waals surface area contributed by atoms with E-state index in [4.69, 9.17) is 4.98 Å². The first kappa shape index (κ1) is 15.9. The van der Waals surface area contributed by atoms with Gasteiger partial charge in [0.1, 0.15) is 5.65 Å². The van der Waals surface area contributed by atoms with Gasteiger partial charge >= 0.3 is 0 Å². The van der Waals surface area contributed by atoms with Gasteiger partial charge in [-0.1, -0.05) is 36.4 Å². The number of amides is 1. The van der Waals surface area contributed by atoms with Crippen LogP contribution in [0.1, 0.15) is 5.56 Å². The average Bonchev–Trinajstić information content (AvgIpc) is 3.14. The van der Waals surface area contributed by atoms with Crippen molar-refractivity contribution in [1.29, 1.82) is 0 Å². The molecule has 4 aromatic rings. The Kier molecular flexibility index (Phi) is 4.11. The maximum atomic E-state index is 10.7. The normalized spacial score (nSPS) is 10.7. The first-order valence-corrected chi connectivity index (χ1v) is 8.36. The number of nitrogens with one attached hydrogen (secondary N) is 3. The maximum Gasteiger partial charge on any atom is 0.211 e. The molecule has 5 nitrogen and oxygen atoms in total. The fraction of sp³-hybridized carbons (Fsp3) is 0.0476. The fourth-order valence-corrected chi connectivity index (χ4v) is 2.96. The number of rotatable bonds is 5. The van der Waals surface area contributed by atoms with Crippen molar-refractivity contribution in [2.45, 2.75) is 6.92 Å². The van der Waals surface area contributed by atoms with Crippen LogP contribution in [0.3, 0.4) is 0 Å². The Balaban J connectivity index is 1.80. The van der Waals surface area contributed by atoms with Crippen LogP contribution < -0.4 is 10.6 Å². The van der Waals surface area contributed by atoms with Gasteiger partial charge in [0.15, 0.2) is 0 Å². The highest BCUT2D eigenvalue weighted by Crippen LogP contribution is 2.31. The molecule has 0 spiro atoms. The monoisotopic (exact) mass is 342 g/mol. The van der Waals surface area contributed by atoms with E-state index in [9.17, 15) is 4.79 Å². The molecule has 2 aromatic carbocycles. The van der Waals surface area contributed by atoms with E-state index in [1.165, 1.54) is 0 Å². The molecule has 0 fully saturated rings. The number of anilines is 3. The first-order valence-electron chi connectivity index (χ1n) is 8.36. The molecule has 0 unspecified atom stereocenters. The number of benzene rings is 2. The Morgan fingerprint density at radius 1 is 1.00 bits per heavy atom. The van der Waals surface area contributed by atoms with Gasteiger partial charge in [0.25, 0.3) is 0 Å². The lowest BCUT2D eigenvalue weighted by atomic mass is 10.1. The molecule has 4 rings (SSSR count). The number of hydrogen-bond donors (Lipinski definition) is 3. The van der Waals surface area contributed by atoms with Crippen molar-refractivity contribution in [3.8, 4) is 11.3 Å². The van der Waals surface area contributed by atoms with Crippen LogP contribution in [-0.2, 0) is 4.79 Å². The van der Waals surface area contributed by atoms with Crippen molar-refractivity contribution >= 4 is 34.5 Å². The SMILES string of the molecule is Cc1ccc(NC=O)cc1Nc1cc(-c2ccccc2)nc2[nH]ccc12. The van der Waals surface area contributed by atoms with Crippen molar-refractivity contribution in [3.05, 3.63) is 72.4 Å². The molecule has 0 aliphatic heterocycles. The number of aryl methyl sites for hydroxylation is 1. The van der Waals surface area contributed by atoms with Crippen molar-refractivity contribution in [3.63, 3.8) is 0 Å². The molecular weight excluding hydrogens is 324 g/mol. The summed E-state index contributed by atoms with van der Waals surface area (Å²) in [7, 11) is 0. The molecule has 1 amide bonds. The van der Waals surface area contributed by atoms with Crippen LogP contribution in [0.2, 0.25) is 0 Å². The fourth-order valence-electron chi connectivity index (χ4n) is 2.96. The summed E-state index contributed by atoms with van der Waals surface area (Å²) < 4.78 is 0. The summed E-state index contributed by atoms with van der Waals surface area (Å²) in [6, 6.07) is 19.9. The number of fused-ring (bicyclic) bond motifs is 1. The molecule has 0 saturated heterocycles. The smallest absolute Gasteiger partial charge is 0.211 e. The topological polar surface area (TPSA) is 69.8 Å². The predicted octanol–water partition coefficient (Wildman–Crippen LogP) is 4.85. The van der Waals surface area contributed by atoms with Crippen molar-refractivity contribution in [2.24, 2.45) is 0 Å². The van der Waals surface area contributed by atoms with Gasteiger partial charge in [0, 0.05) is 28.5 Å². The van der Waals surface area contributed by atoms with E-state index in [1.54, 1.807) is 0 Å². The minimum Gasteiger partial charge on any atom is -0.355 e. The van der Waals surface area contributed by atoms with Crippen molar-refractivity contribution in [1.82, 2.24) is 9.97 Å². The number of nitrogens with zero attached hydrogens (tertiary/aromatic N) is 1. The number of hydrogen-bond acceptors (Lipinski definition) is 3. The Morgan fingerprint density at radius 2 is 1.85 bits per heavy atom. The Hall–Kier alpha value is -3.60. The largest absolute Gasteiger partial charge is 0.355 e. The number of pyridine rings is 1. The molecule has 0 radical (unpaired) electrons. The van der Waals surface area contributed by atoms with Crippen LogP contribution in [0.4, 0.5) is 17.1 Å². The van der Waals surface area contributed by atoms with Crippen LogP contribution in [0.15, 0.2) is 66.9 Å². The lowest BCUT2D eigenvalue weighted by Crippen LogP contribution is -1.99. The molecule has 2 heterocycles. The standard InChI is InChI=1S/C21H18N4O/c1-14-7-8-16(23-13-26)11-18(14)24-20-12-19(15-5-3-2-4-6-15)25-21-17(20)9-10-22-21/h2-13H,1H3,(H,23,26)(H2,22,24,25). The van der Waals surface area contributed by atoms with Crippen LogP contribution in [0, 0.1) is 6.92 Å². The molecule has 0 aliphatic carbocycles. The predicted molar refractivity (Wildman–Crippen MR) is 106 cm³/mol. The minimum atomic E-state index is 0.679. The summed E-state index contributed by atoms with van der Waals surface area (Å²) >= 11 is 0. The third kappa shape index (κ3) is 3.02. The number of aromatic amines is 1. The molecule has 128 valence electrons. The molecule has 5 heteroatoms. The number of H-pyrrole nitrogens is 1. The van der Waals surface area contributed by atoms with Gasteiger partial charge in [-0.2, -0.15) is 0 Å². The highest BCUT2D eigenvalue weighted by Gasteiger charge is 2.10. The third-order valence-corrected chi connectivity index (χ3v) is 4.33. The van der Waals surface area contributed by atoms with E-state index < -0.39 is 0 Å². The van der Waals surface area contributed by atoms with E-state index in [0.717, 1.165) is 44.9 Å². The number of carbonyl (C=O) groups is 1. The molecule has 0 bridgehead atoms. The van der Waals surface area contributed by atoms with Crippen molar-refractivity contribution < 1.29 is 4.79 Å². The van der Waals surface area contributed by atoms with E-state index in [-0.39, 0.29) is 0 Å². The van der Waals surface area contributed by atoms with Gasteiger partial charge in [-0.3, -0.25) is 4.79 Å². The molecule has 0 saturated carbocycles. The zero-order chi connectivity index (χ0) is 17.9. The summed E-state index contributed by atoms with van der Waals surface area (Å²) in [5.41, 5.74) is 6.50. The highest BCUT2D eigenvalue weighted by molar-refractivity contribution is 5.94. The minimum absolute atomic E-state index is 0.679. The van der Waals surface area contributed by atoms with Gasteiger partial charge in [0.2, 0.25) is 6.41 Å². The quantitative estimate of drug-likeness (QED) is 0.454. The lowest BCUT2D eigenvalue weighted by Gasteiger charge is -2.13. The van der Waals surface area contributed by atoms with E-state index >= 15 is 0 Å². The van der Waals surface area contributed by atoms with Crippen LogP contribution in [0.5, 0.6) is 0 Å². The molecule has 2 aromatic heterocycles. The number of carbonyl (C=O) groups excluding carboxylic acids is 1. The summed E-state index contributed by atoms with van der Waals surface area (Å²) in [4.78, 5) is 18.6. The maximum absolute atomic E-state index is 10.7. The van der Waals surface area contributed by atoms with Crippen LogP contribution in [-0.4, -0.2) is 16.4 Å². The summed E-state index contributed by atoms with van der Waals surface area (Å²) in [5, 5.41) is 7.20. The molecule has 3 N–H and O–H groups in total. The summed E-state index contributed by atoms with van der Waals surface area (Å²) in [5.74, 6) is 0. The number of aromatic nitrogens is 2. The van der Waals surface area contributed by atoms with Gasteiger partial charge in [-0.25, -0.2) is 4.98 Å². The molecular formula is C21H18N4O. The second-order valence-electron chi connectivity index (χ2n) is 6.08. The van der Waals surface area contributed by atoms with E-state index in [0.29, 0.717) is 6.41 Å². The first-order chi connectivity index (χ1) is 12.7. The Labute approximate surface area is 151 Å². The summed E-state index contributed by atoms with van der Waals surface area (Å²) in [6.07, 6.45) is 2.56. The second kappa shape index (κ2) is 6.72. The lowest BCUT2D eigenvalue weighted by molar-refractivity contribution is -0.105. The van der Waals surface area contributed by atoms with Gasteiger partial charge < -0.3 is 15.6 Å². The van der Waals surface area contributed by atoms with Crippen LogP contribution >= 0.6 is 0 Å². The van der Waals surface area contributed by atoms with Crippen molar-refractivity contribution in [2.75, 3.05) is 10.6 Å². The Bertz CT molecular complexity index is 1070. The molecule has 0 aliphatic rings. The van der Waals surface area contributed by atoms with Gasteiger partial charge in [0.05, 0.1) is 11.4 Å². The van der Waals surface area contributed by atoms with Gasteiger partial charge in [-0.15, -0.1) is 0 Å². The zero-order valence-electron chi connectivity index (χ0n) is 14.3. The summed E-state index contributed by atoms with van der Waals surface area (Å²) in [6.45, 7) is 2.03. The van der Waals surface area contributed by atoms with E-state index in [1.807, 2.05) is 73.8 Å².